The number of rotatable bonds is 24. The summed E-state index contributed by atoms with van der Waals surface area (Å²) in [5, 5.41) is 83.3. The van der Waals surface area contributed by atoms with Crippen LogP contribution in [-0.4, -0.2) is 284 Å². The summed E-state index contributed by atoms with van der Waals surface area (Å²) >= 11 is 0. The number of anilines is 15. The first-order valence-electron chi connectivity index (χ1n) is 44.5. The van der Waals surface area contributed by atoms with Gasteiger partial charge < -0.3 is 113 Å². The SMILES string of the molecule is CNc1cc(Nc2cccc(N3CC(O)C3)n2)nc2c(C(=O)N[C@@H]3C[C@@H]3C)cnn12.CNc1cc(Nc2cccc(N3CCC34COC4)n2)nc2c(C(=O)N[C@H]3C[C@H]3F)cnn12.CNc1cc(Nc2cccc(N3CCC4(CCCO4)CC3)n2)nc2c(C(=O)N[C@H]3CC[C@H]3O)cnn12.CNc1cc(Nc2cccc([C@H]3CCCOC3)n2)nc2c(C(=O)N[C@H]3COC[C@H]3O)cnn12. The Morgan fingerprint density at radius 2 is 0.885 bits per heavy atom. The van der Waals surface area contributed by atoms with Crippen LogP contribution in [0.25, 0.3) is 22.6 Å². The van der Waals surface area contributed by atoms with Gasteiger partial charge in [0.25, 0.3) is 23.6 Å². The Balaban J connectivity index is 0.000000113. The highest BCUT2D eigenvalue weighted by molar-refractivity contribution is 6.03. The van der Waals surface area contributed by atoms with E-state index in [9.17, 15) is 38.9 Å². The lowest BCUT2D eigenvalue weighted by Crippen LogP contribution is -2.71. The molecule has 2 spiro atoms. The van der Waals surface area contributed by atoms with E-state index in [2.05, 4.69) is 126 Å². The summed E-state index contributed by atoms with van der Waals surface area (Å²) in [4.78, 5) is 95.1. The molecule has 22 rings (SSSR count). The molecular formula is C88H106FN31O11. The van der Waals surface area contributed by atoms with Crippen molar-refractivity contribution >= 4 is 133 Å². The van der Waals surface area contributed by atoms with Gasteiger partial charge in [0.05, 0.1) is 105 Å². The number of piperidine rings is 1. The third kappa shape index (κ3) is 18.6. The summed E-state index contributed by atoms with van der Waals surface area (Å²) in [6, 6.07) is 29.6. The van der Waals surface area contributed by atoms with Gasteiger partial charge in [0.1, 0.15) is 116 Å². The number of amides is 4. The summed E-state index contributed by atoms with van der Waals surface area (Å²) in [6.45, 7) is 10.4. The van der Waals surface area contributed by atoms with E-state index in [1.807, 2.05) is 89.8 Å². The van der Waals surface area contributed by atoms with E-state index in [0.29, 0.717) is 153 Å². The number of hydrogen-bond acceptors (Lipinski definition) is 34. The van der Waals surface area contributed by atoms with Crippen LogP contribution in [0.4, 0.5) is 91.7 Å². The van der Waals surface area contributed by atoms with Crippen molar-refractivity contribution in [1.29, 1.82) is 0 Å². The lowest BCUT2D eigenvalue weighted by atomic mass is 9.83. The summed E-state index contributed by atoms with van der Waals surface area (Å²) in [5.74, 6) is 9.62. The number of aliphatic hydroxyl groups excluding tert-OH is 3. The number of aromatic nitrogens is 16. The molecule has 7 aliphatic heterocycles. The predicted molar refractivity (Wildman–Crippen MR) is 486 cm³/mol. The fraction of sp³-hybridized carbons (Fsp3) is 0.455. The average molecular weight is 1790 g/mol. The fourth-order valence-electron chi connectivity index (χ4n) is 17.3. The minimum Gasteiger partial charge on any atom is -0.391 e. The number of carbonyl (C=O) groups is 4. The van der Waals surface area contributed by atoms with Crippen molar-refractivity contribution < 1.29 is 57.8 Å². The van der Waals surface area contributed by atoms with Gasteiger partial charge in [0.2, 0.25) is 0 Å². The van der Waals surface area contributed by atoms with Crippen LogP contribution in [0.2, 0.25) is 0 Å². The van der Waals surface area contributed by atoms with Crippen molar-refractivity contribution in [3.8, 4) is 0 Å². The van der Waals surface area contributed by atoms with Crippen molar-refractivity contribution in [3.63, 3.8) is 0 Å². The fourth-order valence-corrected chi connectivity index (χ4v) is 17.3. The Kier molecular flexibility index (Phi) is 24.6. The second-order valence-electron chi connectivity index (χ2n) is 34.6. The maximum absolute atomic E-state index is 13.2. The van der Waals surface area contributed by atoms with Gasteiger partial charge in [-0.3, -0.25) is 19.2 Å². The topological polar surface area (TPSA) is 492 Å². The van der Waals surface area contributed by atoms with E-state index in [1.165, 1.54) is 18.6 Å². The standard InChI is InChI=1S/C25H32N8O3.C22H27N7O4.C21H23FN8O2.C20H24N8O2/c1-26-22-14-20(31-23-16(15-27-33(22)23)24(35)28-17-6-7-18(17)34)29-19-4-2-5-21(30-19)32-11-9-25(10-12-32)8-3-13-36-25;1-23-20-8-19(27-18-6-2-5-15(25-18)13-4-3-7-32-10-13)28-21-14(9-24-29(20)21)22(31)26-16-11-33-12-17(16)30;1-23-18-8-16(28-19-12(9-24-30(18)19)20(31)25-14-7-13(14)22)26-15-3-2-4-17(27-15)29-6-5-21(29)10-32-11-21;1-11-6-14(11)23-20(30)13-8-22-28-18(21-2)7-16(26-19(13)28)24-15-4-3-5-17(25-15)27-9-12(29)10-27/h2,4-5,14-15,17-18,26,34H,3,6-13H2,1H3,(H,28,35)(H,29,30,31);2,5-6,8-9,13,16-17,23,30H,3-4,7,10-12H2,1H3,(H,26,31)(H,25,27,28);2-4,8-9,13-14,23H,5-7,10-11H2,1H3,(H,25,31)(H,26,27,28);3-5,7-8,11-12,14,21,29H,6,9-10H2,1-2H3,(H,23,30)(H,24,25,26)/t17-,18+;13-,16-,17+;13-,14+;11-,14+/m0010/s1. The van der Waals surface area contributed by atoms with E-state index in [-0.39, 0.29) is 72.1 Å². The van der Waals surface area contributed by atoms with Gasteiger partial charge >= 0.3 is 0 Å². The van der Waals surface area contributed by atoms with Crippen molar-refractivity contribution in [2.45, 2.75) is 143 Å². The molecule has 19 heterocycles. The van der Waals surface area contributed by atoms with Crippen molar-refractivity contribution in [1.82, 2.24) is 99.6 Å². The van der Waals surface area contributed by atoms with Crippen LogP contribution in [0.3, 0.4) is 0 Å². The molecule has 4 amide bonds. The van der Waals surface area contributed by atoms with Crippen molar-refractivity contribution in [3.05, 3.63) is 150 Å². The van der Waals surface area contributed by atoms with Gasteiger partial charge in [-0.05, 0) is 119 Å². The van der Waals surface area contributed by atoms with Gasteiger partial charge in [-0.1, -0.05) is 31.2 Å². The zero-order chi connectivity index (χ0) is 90.2. The summed E-state index contributed by atoms with van der Waals surface area (Å²) in [6.07, 6.45) is 13.9. The monoisotopic (exact) mass is 1790 g/mol. The van der Waals surface area contributed by atoms with Crippen LogP contribution in [-0.2, 0) is 18.9 Å². The van der Waals surface area contributed by atoms with Crippen LogP contribution in [0.15, 0.2) is 122 Å². The molecule has 7 saturated heterocycles. The number of halogens is 1. The third-order valence-corrected chi connectivity index (χ3v) is 25.6. The molecule has 0 aromatic carbocycles. The molecular weight excluding hydrogens is 1690 g/mol. The number of fused-ring (bicyclic) bond motifs is 4. The van der Waals surface area contributed by atoms with Crippen LogP contribution in [0.1, 0.15) is 131 Å². The first kappa shape index (κ1) is 86.8. The van der Waals surface area contributed by atoms with Crippen LogP contribution < -0.4 is 78.5 Å². The minimum atomic E-state index is -0.978. The maximum atomic E-state index is 13.2. The molecule has 0 unspecified atom stereocenters. The molecule has 3 saturated carbocycles. The normalized spacial score (nSPS) is 22.4. The molecule has 686 valence electrons. The number of ether oxygens (including phenoxy) is 4. The molecule has 43 heteroatoms. The third-order valence-electron chi connectivity index (χ3n) is 25.6. The number of nitrogens with one attached hydrogen (secondary N) is 12. The van der Waals surface area contributed by atoms with Gasteiger partial charge in [0.15, 0.2) is 22.6 Å². The summed E-state index contributed by atoms with van der Waals surface area (Å²) in [7, 11) is 7.12. The molecule has 0 bridgehead atoms. The highest BCUT2D eigenvalue weighted by Crippen LogP contribution is 2.42. The molecule has 12 aromatic rings. The second kappa shape index (κ2) is 37.1. The quantitative estimate of drug-likeness (QED) is 0.0304. The Morgan fingerprint density at radius 1 is 0.435 bits per heavy atom. The smallest absolute Gasteiger partial charge is 0.257 e. The predicted octanol–water partition coefficient (Wildman–Crippen LogP) is 6.56. The van der Waals surface area contributed by atoms with E-state index in [4.69, 9.17) is 33.9 Å². The number of nitrogens with zero attached hydrogens (tertiary/aromatic N) is 19. The molecule has 0 radical (unpaired) electrons. The molecule has 9 atom stereocenters. The van der Waals surface area contributed by atoms with Crippen molar-refractivity contribution in [2.24, 2.45) is 5.92 Å². The van der Waals surface area contributed by atoms with Crippen LogP contribution >= 0.6 is 0 Å². The maximum Gasteiger partial charge on any atom is 0.257 e. The minimum absolute atomic E-state index is 0.0706. The zero-order valence-electron chi connectivity index (χ0n) is 73.1. The van der Waals surface area contributed by atoms with Gasteiger partial charge in [0, 0.05) is 122 Å². The van der Waals surface area contributed by atoms with Crippen LogP contribution in [0, 0.1) is 5.92 Å². The molecule has 3 aliphatic carbocycles. The van der Waals surface area contributed by atoms with E-state index in [1.54, 1.807) is 64.6 Å². The lowest BCUT2D eigenvalue weighted by molar-refractivity contribution is -0.0851. The number of aliphatic hydroxyl groups is 3. The van der Waals surface area contributed by atoms with Crippen molar-refractivity contribution in [2.75, 3.05) is 164 Å². The molecule has 15 N–H and O–H groups in total. The van der Waals surface area contributed by atoms with Crippen LogP contribution in [0.5, 0.6) is 0 Å². The number of carbonyl (C=O) groups excluding carboxylic acids is 4. The Labute approximate surface area is 750 Å². The first-order valence-corrected chi connectivity index (χ1v) is 44.5. The Hall–Kier alpha value is -13.6. The van der Waals surface area contributed by atoms with E-state index in [0.717, 1.165) is 127 Å². The lowest BCUT2D eigenvalue weighted by Gasteiger charge is -2.58. The molecule has 12 aromatic heterocycles. The highest BCUT2D eigenvalue weighted by atomic mass is 19.1. The Bertz CT molecular complexity index is 6200. The summed E-state index contributed by atoms with van der Waals surface area (Å²) < 4.78 is 41.8. The number of hydrogen-bond donors (Lipinski definition) is 15. The van der Waals surface area contributed by atoms with Gasteiger partial charge in [-0.2, -0.15) is 38.5 Å². The first-order chi connectivity index (χ1) is 63.7. The molecule has 10 aliphatic rings. The Morgan fingerprint density at radius 3 is 1.27 bits per heavy atom. The molecule has 131 heavy (non-hydrogen) atoms. The highest BCUT2D eigenvalue weighted by Gasteiger charge is 2.52. The van der Waals surface area contributed by atoms with E-state index < -0.39 is 30.5 Å². The molecule has 42 nitrogen and oxygen atoms in total. The largest absolute Gasteiger partial charge is 0.391 e. The molecule has 10 fully saturated rings. The second-order valence-corrected chi connectivity index (χ2v) is 34.6. The van der Waals surface area contributed by atoms with Gasteiger partial charge in [-0.15, -0.1) is 0 Å². The number of pyridine rings is 4. The zero-order valence-corrected chi connectivity index (χ0v) is 73.1. The van der Waals surface area contributed by atoms with E-state index >= 15 is 0 Å². The number of alkyl halides is 1. The summed E-state index contributed by atoms with van der Waals surface area (Å²) in [5.41, 5.74) is 4.18. The average Bonchev–Trinajstić information content (AvgIpc) is 1.44. The number of β-amino-alcohol motifs (C(OH)–C–C–N with tert-alkyl or cyclic N) is 1. The van der Waals surface area contributed by atoms with Gasteiger partial charge in [-0.25, -0.2) is 44.3 Å².